The molecule has 2 aromatic rings. The summed E-state index contributed by atoms with van der Waals surface area (Å²) in [6.45, 7) is 4.08. The lowest BCUT2D eigenvalue weighted by Crippen LogP contribution is -1.86. The van der Waals surface area contributed by atoms with Crippen LogP contribution in [0.15, 0.2) is 53.5 Å². The highest BCUT2D eigenvalue weighted by Crippen LogP contribution is 2.19. The van der Waals surface area contributed by atoms with E-state index in [1.54, 1.807) is 18.3 Å². The van der Waals surface area contributed by atoms with Crippen LogP contribution in [0.5, 0.6) is 0 Å². The molecule has 0 aliphatic carbocycles. The summed E-state index contributed by atoms with van der Waals surface area (Å²) in [5.41, 5.74) is 4.28. The highest BCUT2D eigenvalue weighted by molar-refractivity contribution is 5.80. The van der Waals surface area contributed by atoms with Gasteiger partial charge in [-0.2, -0.15) is 0 Å². The highest BCUT2D eigenvalue weighted by Gasteiger charge is 2.01. The molecule has 0 N–H and O–H groups in total. The largest absolute Gasteiger partial charge is 0.269 e. The van der Waals surface area contributed by atoms with Gasteiger partial charge >= 0.3 is 0 Å². The fourth-order valence-electron chi connectivity index (χ4n) is 1.93. The summed E-state index contributed by atoms with van der Waals surface area (Å²) in [5, 5.41) is 10.6. The number of non-ortho nitro benzene ring substituents is 1. The van der Waals surface area contributed by atoms with Gasteiger partial charge in [-0.15, -0.1) is 0 Å². The number of nitrogens with zero attached hydrogens (tertiary/aromatic N) is 2. The van der Waals surface area contributed by atoms with Crippen molar-refractivity contribution in [1.29, 1.82) is 0 Å². The van der Waals surface area contributed by atoms with E-state index in [2.05, 4.69) is 18.0 Å². The lowest BCUT2D eigenvalue weighted by molar-refractivity contribution is -0.384. The lowest BCUT2D eigenvalue weighted by atomic mass is 10.1. The normalized spacial score (nSPS) is 11.3. The molecule has 4 heteroatoms. The van der Waals surface area contributed by atoms with Crippen LogP contribution in [0.4, 0.5) is 11.4 Å². The molecule has 0 saturated heterocycles. The summed E-state index contributed by atoms with van der Waals surface area (Å²) in [5.74, 6) is 0. The molecule has 0 amide bonds. The first-order valence-corrected chi connectivity index (χ1v) is 6.59. The highest BCUT2D eigenvalue weighted by atomic mass is 16.6. The SMILES string of the molecule is Cc1ccc(N=C/C=C/c2ccc([N+](=O)[O-])cc2)c(C)c1. The Hall–Kier alpha value is -2.75. The van der Waals surface area contributed by atoms with Gasteiger partial charge in [0.25, 0.3) is 5.69 Å². The van der Waals surface area contributed by atoms with Crippen molar-refractivity contribution in [2.45, 2.75) is 13.8 Å². The summed E-state index contributed by atoms with van der Waals surface area (Å²) in [6, 6.07) is 12.5. The third-order valence-corrected chi connectivity index (χ3v) is 3.04. The van der Waals surface area contributed by atoms with Crippen LogP contribution >= 0.6 is 0 Å². The van der Waals surface area contributed by atoms with Gasteiger partial charge in [-0.1, -0.05) is 23.8 Å². The van der Waals surface area contributed by atoms with Gasteiger partial charge in [-0.3, -0.25) is 15.1 Å². The first kappa shape index (κ1) is 14.7. The first-order valence-electron chi connectivity index (χ1n) is 6.59. The van der Waals surface area contributed by atoms with Crippen molar-refractivity contribution in [2.24, 2.45) is 4.99 Å². The molecule has 0 saturated carbocycles. The number of rotatable bonds is 4. The Balaban J connectivity index is 2.04. The van der Waals surface area contributed by atoms with Crippen molar-refractivity contribution in [2.75, 3.05) is 0 Å². The van der Waals surface area contributed by atoms with Gasteiger partial charge < -0.3 is 0 Å². The van der Waals surface area contributed by atoms with E-state index >= 15 is 0 Å². The van der Waals surface area contributed by atoms with E-state index in [0.717, 1.165) is 16.8 Å². The zero-order valence-corrected chi connectivity index (χ0v) is 12.0. The molecule has 0 heterocycles. The lowest BCUT2D eigenvalue weighted by Gasteiger charge is -1.99. The number of hydrogen-bond acceptors (Lipinski definition) is 3. The fraction of sp³-hybridized carbons (Fsp3) is 0.118. The summed E-state index contributed by atoms with van der Waals surface area (Å²) < 4.78 is 0. The van der Waals surface area contributed by atoms with E-state index in [9.17, 15) is 10.1 Å². The van der Waals surface area contributed by atoms with Crippen molar-refractivity contribution in [1.82, 2.24) is 0 Å². The average Bonchev–Trinajstić information content (AvgIpc) is 2.46. The van der Waals surface area contributed by atoms with Gasteiger partial charge in [-0.25, -0.2) is 0 Å². The summed E-state index contributed by atoms with van der Waals surface area (Å²) >= 11 is 0. The third kappa shape index (κ3) is 4.11. The number of aliphatic imine (C=N–C) groups is 1. The molecule has 4 nitrogen and oxygen atoms in total. The second-order valence-electron chi connectivity index (χ2n) is 4.78. The standard InChI is InChI=1S/C17H16N2O2/c1-13-5-10-17(14(2)12-13)18-11-3-4-15-6-8-16(9-7-15)19(20)21/h3-12H,1-2H3/b4-3+,18-11?. The predicted molar refractivity (Wildman–Crippen MR) is 86.2 cm³/mol. The molecule has 0 spiro atoms. The Labute approximate surface area is 123 Å². The monoisotopic (exact) mass is 280 g/mol. The molecule has 0 atom stereocenters. The number of nitro groups is 1. The molecule has 0 radical (unpaired) electrons. The van der Waals surface area contributed by atoms with Crippen LogP contribution in [0, 0.1) is 24.0 Å². The van der Waals surface area contributed by atoms with Crippen LogP contribution in [0.3, 0.4) is 0 Å². The molecule has 0 fully saturated rings. The fourth-order valence-corrected chi connectivity index (χ4v) is 1.93. The minimum atomic E-state index is -0.408. The molecule has 0 bridgehead atoms. The molecular formula is C17H16N2O2. The number of benzene rings is 2. The van der Waals surface area contributed by atoms with Crippen LogP contribution in [0.1, 0.15) is 16.7 Å². The van der Waals surface area contributed by atoms with Gasteiger partial charge in [0.2, 0.25) is 0 Å². The van der Waals surface area contributed by atoms with Gasteiger partial charge in [0.05, 0.1) is 10.6 Å². The van der Waals surface area contributed by atoms with Crippen LogP contribution < -0.4 is 0 Å². The zero-order valence-electron chi connectivity index (χ0n) is 12.0. The number of aryl methyl sites for hydroxylation is 2. The van der Waals surface area contributed by atoms with Crippen molar-refractivity contribution in [3.05, 3.63) is 75.3 Å². The Morgan fingerprint density at radius 3 is 2.43 bits per heavy atom. The molecule has 2 aromatic carbocycles. The molecule has 0 aliphatic rings. The Morgan fingerprint density at radius 1 is 1.10 bits per heavy atom. The third-order valence-electron chi connectivity index (χ3n) is 3.04. The first-order chi connectivity index (χ1) is 10.1. The molecule has 0 aromatic heterocycles. The van der Waals surface area contributed by atoms with E-state index in [1.807, 2.05) is 31.2 Å². The van der Waals surface area contributed by atoms with Gasteiger partial charge in [0, 0.05) is 18.3 Å². The van der Waals surface area contributed by atoms with Gasteiger partial charge in [-0.05, 0) is 49.2 Å². The maximum Gasteiger partial charge on any atom is 0.269 e. The molecule has 2 rings (SSSR count). The summed E-state index contributed by atoms with van der Waals surface area (Å²) in [6.07, 6.45) is 5.40. The van der Waals surface area contributed by atoms with Crippen molar-refractivity contribution >= 4 is 23.7 Å². The zero-order chi connectivity index (χ0) is 15.2. The molecular weight excluding hydrogens is 264 g/mol. The van der Waals surface area contributed by atoms with Crippen molar-refractivity contribution in [3.63, 3.8) is 0 Å². The van der Waals surface area contributed by atoms with Crippen LogP contribution in [0.25, 0.3) is 6.08 Å². The van der Waals surface area contributed by atoms with Crippen LogP contribution in [-0.4, -0.2) is 11.1 Å². The quantitative estimate of drug-likeness (QED) is 0.466. The molecule has 0 aliphatic heterocycles. The minimum Gasteiger partial charge on any atom is -0.258 e. The van der Waals surface area contributed by atoms with E-state index in [1.165, 1.54) is 17.7 Å². The average molecular weight is 280 g/mol. The molecule has 0 unspecified atom stereocenters. The van der Waals surface area contributed by atoms with E-state index in [4.69, 9.17) is 0 Å². The smallest absolute Gasteiger partial charge is 0.258 e. The Morgan fingerprint density at radius 2 is 1.81 bits per heavy atom. The predicted octanol–water partition coefficient (Wildman–Crippen LogP) is 4.63. The topological polar surface area (TPSA) is 55.5 Å². The Bertz CT molecular complexity index is 701. The second-order valence-corrected chi connectivity index (χ2v) is 4.78. The van der Waals surface area contributed by atoms with E-state index in [-0.39, 0.29) is 5.69 Å². The van der Waals surface area contributed by atoms with E-state index < -0.39 is 4.92 Å². The minimum absolute atomic E-state index is 0.0936. The van der Waals surface area contributed by atoms with Crippen LogP contribution in [-0.2, 0) is 0 Å². The number of allylic oxidation sites excluding steroid dienone is 1. The van der Waals surface area contributed by atoms with E-state index in [0.29, 0.717) is 0 Å². The molecule has 21 heavy (non-hydrogen) atoms. The summed E-state index contributed by atoms with van der Waals surface area (Å²) in [4.78, 5) is 14.5. The maximum atomic E-state index is 10.6. The second kappa shape index (κ2) is 6.61. The van der Waals surface area contributed by atoms with Crippen molar-refractivity contribution < 1.29 is 4.92 Å². The van der Waals surface area contributed by atoms with Gasteiger partial charge in [0.1, 0.15) is 0 Å². The maximum absolute atomic E-state index is 10.6. The number of nitro benzene ring substituents is 1. The van der Waals surface area contributed by atoms with Crippen LogP contribution in [0.2, 0.25) is 0 Å². The number of hydrogen-bond donors (Lipinski definition) is 0. The molecule has 106 valence electrons. The summed E-state index contributed by atoms with van der Waals surface area (Å²) in [7, 11) is 0. The van der Waals surface area contributed by atoms with Gasteiger partial charge in [0.15, 0.2) is 0 Å². The Kier molecular flexibility index (Phi) is 4.61. The van der Waals surface area contributed by atoms with Crippen molar-refractivity contribution in [3.8, 4) is 0 Å².